The lowest BCUT2D eigenvalue weighted by atomic mass is 10.0. The van der Waals surface area contributed by atoms with E-state index in [1.54, 1.807) is 13.0 Å². The van der Waals surface area contributed by atoms with Gasteiger partial charge in [-0.05, 0) is 42.7 Å². The van der Waals surface area contributed by atoms with Crippen molar-refractivity contribution in [3.8, 4) is 0 Å². The minimum atomic E-state index is -0.811. The molecule has 0 radical (unpaired) electrons. The molecule has 3 heteroatoms. The van der Waals surface area contributed by atoms with Crippen molar-refractivity contribution in [1.29, 1.82) is 0 Å². The second-order valence-electron chi connectivity index (χ2n) is 5.15. The molecule has 0 unspecified atom stereocenters. The van der Waals surface area contributed by atoms with E-state index in [1.807, 2.05) is 18.2 Å². The lowest BCUT2D eigenvalue weighted by molar-refractivity contribution is 0.191. The summed E-state index contributed by atoms with van der Waals surface area (Å²) in [5.74, 6) is 0.139. The van der Waals surface area contributed by atoms with Gasteiger partial charge in [0.2, 0.25) is 0 Å². The van der Waals surface area contributed by atoms with Crippen LogP contribution < -0.4 is 0 Å². The van der Waals surface area contributed by atoms with Crippen LogP contribution in [0.2, 0.25) is 0 Å². The molecule has 0 spiro atoms. The third kappa shape index (κ3) is 3.41. The number of hydrogen-bond donors (Lipinski definition) is 1. The zero-order valence-electron chi connectivity index (χ0n) is 11.9. The summed E-state index contributed by atoms with van der Waals surface area (Å²) in [6.07, 6.45) is -0.811. The first kappa shape index (κ1) is 15.1. The molecule has 0 amide bonds. The van der Waals surface area contributed by atoms with E-state index in [-0.39, 0.29) is 5.82 Å². The highest BCUT2D eigenvalue weighted by molar-refractivity contribution is 7.99. The molecule has 0 saturated carbocycles. The maximum absolute atomic E-state index is 13.8. The van der Waals surface area contributed by atoms with Crippen molar-refractivity contribution in [2.45, 2.75) is 42.6 Å². The van der Waals surface area contributed by atoms with Gasteiger partial charge in [-0.15, -0.1) is 0 Å². The maximum atomic E-state index is 13.8. The third-order valence-electron chi connectivity index (χ3n) is 3.21. The summed E-state index contributed by atoms with van der Waals surface area (Å²) in [5, 5.41) is 9.73. The quantitative estimate of drug-likeness (QED) is 0.840. The van der Waals surface area contributed by atoms with E-state index in [1.165, 1.54) is 23.4 Å². The molecule has 2 aromatic carbocycles. The van der Waals surface area contributed by atoms with Crippen molar-refractivity contribution in [2.75, 3.05) is 0 Å². The first-order chi connectivity index (χ1) is 9.49. The number of aliphatic hydroxyl groups excluding tert-OH is 1. The molecule has 0 bridgehead atoms. The average Bonchev–Trinajstić information content (AvgIpc) is 2.39. The van der Waals surface area contributed by atoms with E-state index in [0.29, 0.717) is 11.5 Å². The van der Waals surface area contributed by atoms with Crippen molar-refractivity contribution in [3.63, 3.8) is 0 Å². The summed E-state index contributed by atoms with van der Waals surface area (Å²) >= 11 is 1.48. The smallest absolute Gasteiger partial charge is 0.130 e. The van der Waals surface area contributed by atoms with Crippen LogP contribution in [-0.4, -0.2) is 5.11 Å². The van der Waals surface area contributed by atoms with E-state index < -0.39 is 6.10 Å². The molecular formula is C17H19FOS. The molecule has 106 valence electrons. The highest BCUT2D eigenvalue weighted by Crippen LogP contribution is 2.35. The normalized spacial score (nSPS) is 12.7. The Hall–Kier alpha value is -1.32. The Labute approximate surface area is 123 Å². The Kier molecular flexibility index (Phi) is 4.84. The standard InChI is InChI=1S/C17H19FOS/c1-11(2)13-7-9-14(10-8-13)20-16-6-4-5-15(18)17(16)12(3)19/h4-12,19H,1-3H3/t12-/m1/s1. The molecule has 0 fully saturated rings. The summed E-state index contributed by atoms with van der Waals surface area (Å²) in [6.45, 7) is 5.89. The third-order valence-corrected chi connectivity index (χ3v) is 4.29. The van der Waals surface area contributed by atoms with E-state index in [4.69, 9.17) is 0 Å². The van der Waals surface area contributed by atoms with Crippen molar-refractivity contribution in [1.82, 2.24) is 0 Å². The van der Waals surface area contributed by atoms with E-state index in [9.17, 15) is 9.50 Å². The van der Waals surface area contributed by atoms with Crippen LogP contribution in [0.1, 0.15) is 43.9 Å². The topological polar surface area (TPSA) is 20.2 Å². The number of halogens is 1. The first-order valence-electron chi connectivity index (χ1n) is 6.73. The van der Waals surface area contributed by atoms with E-state index in [2.05, 4.69) is 26.0 Å². The monoisotopic (exact) mass is 290 g/mol. The van der Waals surface area contributed by atoms with Crippen molar-refractivity contribution < 1.29 is 9.50 Å². The van der Waals surface area contributed by atoms with Crippen LogP contribution in [0.3, 0.4) is 0 Å². The van der Waals surface area contributed by atoms with Gasteiger partial charge in [0.05, 0.1) is 6.10 Å². The molecule has 0 aromatic heterocycles. The second-order valence-corrected chi connectivity index (χ2v) is 6.27. The van der Waals surface area contributed by atoms with Crippen LogP contribution in [0.4, 0.5) is 4.39 Å². The van der Waals surface area contributed by atoms with Gasteiger partial charge in [-0.3, -0.25) is 0 Å². The molecule has 0 aliphatic rings. The van der Waals surface area contributed by atoms with Crippen LogP contribution in [0.5, 0.6) is 0 Å². The van der Waals surface area contributed by atoms with Crippen molar-refractivity contribution in [3.05, 3.63) is 59.4 Å². The Morgan fingerprint density at radius 3 is 2.20 bits per heavy atom. The second kappa shape index (κ2) is 6.42. The Balaban J connectivity index is 2.28. The first-order valence-corrected chi connectivity index (χ1v) is 7.55. The minimum Gasteiger partial charge on any atom is -0.389 e. The van der Waals surface area contributed by atoms with Gasteiger partial charge in [-0.2, -0.15) is 0 Å². The van der Waals surface area contributed by atoms with Gasteiger partial charge in [0.1, 0.15) is 5.82 Å². The fourth-order valence-electron chi connectivity index (χ4n) is 2.06. The van der Waals surface area contributed by atoms with Gasteiger partial charge >= 0.3 is 0 Å². The average molecular weight is 290 g/mol. The van der Waals surface area contributed by atoms with E-state index in [0.717, 1.165) is 9.79 Å². The lowest BCUT2D eigenvalue weighted by Crippen LogP contribution is -1.98. The predicted molar refractivity (Wildman–Crippen MR) is 81.7 cm³/mol. The summed E-state index contributed by atoms with van der Waals surface area (Å²) in [6, 6.07) is 13.2. The zero-order valence-corrected chi connectivity index (χ0v) is 12.7. The van der Waals surface area contributed by atoms with Crippen LogP contribution in [-0.2, 0) is 0 Å². The van der Waals surface area contributed by atoms with Gasteiger partial charge < -0.3 is 5.11 Å². The van der Waals surface area contributed by atoms with Crippen LogP contribution in [0.25, 0.3) is 0 Å². The maximum Gasteiger partial charge on any atom is 0.130 e. The summed E-state index contributed by atoms with van der Waals surface area (Å²) in [7, 11) is 0. The fraction of sp³-hybridized carbons (Fsp3) is 0.294. The largest absolute Gasteiger partial charge is 0.389 e. The molecule has 0 saturated heterocycles. The summed E-state index contributed by atoms with van der Waals surface area (Å²) in [5.41, 5.74) is 1.65. The molecule has 2 aromatic rings. The van der Waals surface area contributed by atoms with Gasteiger partial charge in [0.25, 0.3) is 0 Å². The number of aliphatic hydroxyl groups is 1. The highest BCUT2D eigenvalue weighted by Gasteiger charge is 2.14. The van der Waals surface area contributed by atoms with Gasteiger partial charge in [0, 0.05) is 15.4 Å². The number of hydrogen-bond acceptors (Lipinski definition) is 2. The molecule has 0 aliphatic carbocycles. The van der Waals surface area contributed by atoms with Gasteiger partial charge in [0.15, 0.2) is 0 Å². The molecule has 2 rings (SSSR count). The van der Waals surface area contributed by atoms with Crippen molar-refractivity contribution >= 4 is 11.8 Å². The van der Waals surface area contributed by atoms with Gasteiger partial charge in [-0.25, -0.2) is 4.39 Å². The highest BCUT2D eigenvalue weighted by atomic mass is 32.2. The Bertz CT molecular complexity index is 576. The molecular weight excluding hydrogens is 271 g/mol. The lowest BCUT2D eigenvalue weighted by Gasteiger charge is -2.13. The zero-order chi connectivity index (χ0) is 14.7. The Morgan fingerprint density at radius 2 is 1.65 bits per heavy atom. The fourth-order valence-corrected chi connectivity index (χ4v) is 3.11. The minimum absolute atomic E-state index is 0.358. The summed E-state index contributed by atoms with van der Waals surface area (Å²) < 4.78 is 13.8. The summed E-state index contributed by atoms with van der Waals surface area (Å²) in [4.78, 5) is 1.80. The number of benzene rings is 2. The van der Waals surface area contributed by atoms with Crippen molar-refractivity contribution in [2.24, 2.45) is 0 Å². The molecule has 20 heavy (non-hydrogen) atoms. The van der Waals surface area contributed by atoms with E-state index >= 15 is 0 Å². The van der Waals surface area contributed by atoms with Crippen LogP contribution in [0.15, 0.2) is 52.3 Å². The van der Waals surface area contributed by atoms with Crippen LogP contribution in [0, 0.1) is 5.82 Å². The van der Waals surface area contributed by atoms with Gasteiger partial charge in [-0.1, -0.05) is 43.8 Å². The molecule has 0 heterocycles. The number of rotatable bonds is 4. The molecule has 0 aliphatic heterocycles. The molecule has 1 atom stereocenters. The Morgan fingerprint density at radius 1 is 1.00 bits per heavy atom. The molecule has 1 N–H and O–H groups in total. The molecule has 1 nitrogen and oxygen atoms in total. The van der Waals surface area contributed by atoms with Crippen LogP contribution >= 0.6 is 11.8 Å². The SMILES string of the molecule is CC(C)c1ccc(Sc2cccc(F)c2[C@@H](C)O)cc1. The predicted octanol–water partition coefficient (Wildman–Crippen LogP) is 5.15.